The molecule has 0 aliphatic rings. The molecule has 26 heavy (non-hydrogen) atoms. The summed E-state index contributed by atoms with van der Waals surface area (Å²) in [5.41, 5.74) is -1.06. The van der Waals surface area contributed by atoms with Crippen LogP contribution in [0, 0.1) is 11.6 Å². The summed E-state index contributed by atoms with van der Waals surface area (Å²) >= 11 is 0. The molecule has 1 heterocycles. The second-order valence-electron chi connectivity index (χ2n) is 6.28. The Morgan fingerprint density at radius 3 is 2.42 bits per heavy atom. The Morgan fingerprint density at radius 2 is 1.77 bits per heavy atom. The fourth-order valence-electron chi connectivity index (χ4n) is 2.55. The zero-order valence-electron chi connectivity index (χ0n) is 13.9. The maximum Gasteiger partial charge on any atom is 0.215 e. The molecule has 0 aliphatic heterocycles. The summed E-state index contributed by atoms with van der Waals surface area (Å²) in [6, 6.07) is 11.3. The molecular formula is C18H17F2NO4S. The Hall–Kier alpha value is -2.29. The van der Waals surface area contributed by atoms with Gasteiger partial charge in [0.25, 0.3) is 0 Å². The summed E-state index contributed by atoms with van der Waals surface area (Å²) in [7, 11) is -3.92. The van der Waals surface area contributed by atoms with Crippen LogP contribution in [0.5, 0.6) is 0 Å². The van der Waals surface area contributed by atoms with Crippen LogP contribution < -0.4 is 4.72 Å². The molecule has 8 heteroatoms. The molecule has 2 aromatic carbocycles. The minimum atomic E-state index is -3.92. The van der Waals surface area contributed by atoms with Crippen molar-refractivity contribution in [2.24, 2.45) is 0 Å². The lowest BCUT2D eigenvalue weighted by Crippen LogP contribution is -2.38. The molecule has 0 fully saturated rings. The van der Waals surface area contributed by atoms with E-state index in [1.165, 1.54) is 6.92 Å². The van der Waals surface area contributed by atoms with Crippen LogP contribution in [-0.2, 0) is 21.4 Å². The summed E-state index contributed by atoms with van der Waals surface area (Å²) in [6.45, 7) is 1.06. The number of aliphatic hydroxyl groups is 1. The van der Waals surface area contributed by atoms with E-state index in [2.05, 4.69) is 4.72 Å². The largest absolute Gasteiger partial charge is 0.458 e. The maximum absolute atomic E-state index is 13.2. The third-order valence-corrected chi connectivity index (χ3v) is 5.17. The first-order valence-corrected chi connectivity index (χ1v) is 9.44. The first-order valence-electron chi connectivity index (χ1n) is 7.78. The van der Waals surface area contributed by atoms with Crippen molar-refractivity contribution < 1.29 is 26.7 Å². The van der Waals surface area contributed by atoms with Crippen LogP contribution in [0.25, 0.3) is 11.0 Å². The highest BCUT2D eigenvalue weighted by Gasteiger charge is 2.29. The minimum absolute atomic E-state index is 0.0293. The molecule has 0 amide bonds. The number of para-hydroxylation sites is 1. The molecule has 1 atom stereocenters. The van der Waals surface area contributed by atoms with E-state index in [-0.39, 0.29) is 17.9 Å². The van der Waals surface area contributed by atoms with Crippen molar-refractivity contribution in [1.29, 1.82) is 0 Å². The molecule has 3 aromatic rings. The molecule has 1 unspecified atom stereocenters. The molecule has 0 aliphatic carbocycles. The second-order valence-corrected chi connectivity index (χ2v) is 8.09. The number of nitrogens with one attached hydrogen (secondary N) is 1. The highest BCUT2D eigenvalue weighted by atomic mass is 32.2. The zero-order chi connectivity index (χ0) is 18.9. The Balaban J connectivity index is 1.73. The SMILES string of the molecule is CC(O)(CNS(=O)(=O)Cc1cc(F)cc(F)c1)c1cc2ccccc2o1. The first-order chi connectivity index (χ1) is 12.1. The number of hydrogen-bond donors (Lipinski definition) is 2. The number of furan rings is 1. The standard InChI is InChI=1S/C18H17F2NO4S/c1-18(22,17-8-13-4-2-3-5-16(13)25-17)11-21-26(23,24)10-12-6-14(19)9-15(20)7-12/h2-9,21-22H,10-11H2,1H3. The van der Waals surface area contributed by atoms with E-state index in [4.69, 9.17) is 4.42 Å². The van der Waals surface area contributed by atoms with Crippen molar-refractivity contribution in [2.75, 3.05) is 6.54 Å². The average molecular weight is 381 g/mol. The lowest BCUT2D eigenvalue weighted by molar-refractivity contribution is 0.0411. The predicted octanol–water partition coefficient (Wildman–Crippen LogP) is 3.04. The third-order valence-electron chi connectivity index (χ3n) is 3.87. The third kappa shape index (κ3) is 4.27. The van der Waals surface area contributed by atoms with Crippen molar-refractivity contribution in [2.45, 2.75) is 18.3 Å². The lowest BCUT2D eigenvalue weighted by atomic mass is 10.0. The number of hydrogen-bond acceptors (Lipinski definition) is 4. The summed E-state index contributed by atoms with van der Waals surface area (Å²) < 4.78 is 58.5. The number of fused-ring (bicyclic) bond motifs is 1. The minimum Gasteiger partial charge on any atom is -0.458 e. The summed E-state index contributed by atoms with van der Waals surface area (Å²) in [5.74, 6) is -2.12. The monoisotopic (exact) mass is 381 g/mol. The molecule has 138 valence electrons. The number of benzene rings is 2. The fourth-order valence-corrected chi connectivity index (χ4v) is 3.76. The van der Waals surface area contributed by atoms with Gasteiger partial charge < -0.3 is 9.52 Å². The van der Waals surface area contributed by atoms with Crippen LogP contribution in [0.15, 0.2) is 52.9 Å². The Labute approximate surface area is 149 Å². The molecule has 0 radical (unpaired) electrons. The van der Waals surface area contributed by atoms with E-state index >= 15 is 0 Å². The van der Waals surface area contributed by atoms with Gasteiger partial charge in [0.15, 0.2) is 0 Å². The average Bonchev–Trinajstić information content (AvgIpc) is 2.97. The summed E-state index contributed by atoms with van der Waals surface area (Å²) in [5, 5.41) is 11.3. The van der Waals surface area contributed by atoms with Gasteiger partial charge in [0, 0.05) is 18.0 Å². The smallest absolute Gasteiger partial charge is 0.215 e. The van der Waals surface area contributed by atoms with Gasteiger partial charge in [0.1, 0.15) is 28.6 Å². The van der Waals surface area contributed by atoms with Crippen LogP contribution in [0.3, 0.4) is 0 Å². The summed E-state index contributed by atoms with van der Waals surface area (Å²) in [6.07, 6.45) is 0. The molecule has 0 saturated heterocycles. The van der Waals surface area contributed by atoms with Crippen LogP contribution in [0.2, 0.25) is 0 Å². The van der Waals surface area contributed by atoms with Gasteiger partial charge in [-0.3, -0.25) is 0 Å². The van der Waals surface area contributed by atoms with E-state index in [0.29, 0.717) is 11.6 Å². The highest BCUT2D eigenvalue weighted by molar-refractivity contribution is 7.88. The topological polar surface area (TPSA) is 79.5 Å². The van der Waals surface area contributed by atoms with Crippen LogP contribution >= 0.6 is 0 Å². The predicted molar refractivity (Wildman–Crippen MR) is 92.8 cm³/mol. The van der Waals surface area contributed by atoms with Gasteiger partial charge in [-0.05, 0) is 36.8 Å². The molecule has 0 spiro atoms. The zero-order valence-corrected chi connectivity index (χ0v) is 14.7. The van der Waals surface area contributed by atoms with Crippen LogP contribution in [0.4, 0.5) is 8.78 Å². The molecule has 3 rings (SSSR count). The number of rotatable bonds is 6. The van der Waals surface area contributed by atoms with E-state index in [9.17, 15) is 22.3 Å². The van der Waals surface area contributed by atoms with Crippen molar-refractivity contribution >= 4 is 21.0 Å². The van der Waals surface area contributed by atoms with Gasteiger partial charge in [-0.1, -0.05) is 18.2 Å². The van der Waals surface area contributed by atoms with Gasteiger partial charge >= 0.3 is 0 Å². The highest BCUT2D eigenvalue weighted by Crippen LogP contribution is 2.27. The molecule has 0 bridgehead atoms. The summed E-state index contributed by atoms with van der Waals surface area (Å²) in [4.78, 5) is 0. The van der Waals surface area contributed by atoms with E-state index in [1.807, 2.05) is 6.07 Å². The second kappa shape index (κ2) is 6.79. The van der Waals surface area contributed by atoms with Crippen LogP contribution in [0.1, 0.15) is 18.2 Å². The quantitative estimate of drug-likeness (QED) is 0.688. The molecule has 2 N–H and O–H groups in total. The lowest BCUT2D eigenvalue weighted by Gasteiger charge is -2.21. The molecule has 0 saturated carbocycles. The molecule has 1 aromatic heterocycles. The van der Waals surface area contributed by atoms with Crippen molar-refractivity contribution in [3.8, 4) is 0 Å². The van der Waals surface area contributed by atoms with E-state index in [1.54, 1.807) is 24.3 Å². The van der Waals surface area contributed by atoms with Gasteiger partial charge in [-0.25, -0.2) is 21.9 Å². The van der Waals surface area contributed by atoms with Gasteiger partial charge in [0.05, 0.1) is 5.75 Å². The fraction of sp³-hybridized carbons (Fsp3) is 0.222. The Bertz CT molecular complexity index is 991. The normalized spacial score (nSPS) is 14.5. The molecular weight excluding hydrogens is 364 g/mol. The van der Waals surface area contributed by atoms with Crippen molar-refractivity contribution in [3.05, 3.63) is 71.5 Å². The van der Waals surface area contributed by atoms with Crippen molar-refractivity contribution in [1.82, 2.24) is 4.72 Å². The Morgan fingerprint density at radius 1 is 1.12 bits per heavy atom. The van der Waals surface area contributed by atoms with Crippen molar-refractivity contribution in [3.63, 3.8) is 0 Å². The number of halogens is 2. The van der Waals surface area contributed by atoms with E-state index in [0.717, 1.165) is 17.5 Å². The van der Waals surface area contributed by atoms with Crippen LogP contribution in [-0.4, -0.2) is 20.1 Å². The van der Waals surface area contributed by atoms with Gasteiger partial charge in [0.2, 0.25) is 10.0 Å². The van der Waals surface area contributed by atoms with Gasteiger partial charge in [-0.2, -0.15) is 0 Å². The maximum atomic E-state index is 13.2. The van der Waals surface area contributed by atoms with Gasteiger partial charge in [-0.15, -0.1) is 0 Å². The first kappa shape index (κ1) is 18.5. The number of sulfonamides is 1. The Kier molecular flexibility index (Phi) is 4.83. The van der Waals surface area contributed by atoms with E-state index < -0.39 is 33.0 Å². The molecule has 5 nitrogen and oxygen atoms in total.